The third-order valence-corrected chi connectivity index (χ3v) is 6.79. The Bertz CT molecular complexity index is 1680. The van der Waals surface area contributed by atoms with Gasteiger partial charge in [0.15, 0.2) is 0 Å². The minimum Gasteiger partial charge on any atom is -0.325 e. The maximum absolute atomic E-state index is 13.3. The Kier molecular flexibility index (Phi) is 5.62. The van der Waals surface area contributed by atoms with Gasteiger partial charge in [-0.1, -0.05) is 48.0 Å². The molecule has 5 aromatic rings. The van der Waals surface area contributed by atoms with Crippen LogP contribution in [0.5, 0.6) is 0 Å². The SMILES string of the molecule is O=C(Nc1c(-c2cc(Cl)c3ncccc3c2)c(-c2ccccc2)nc2[nH]c(=O)ccc12)N1CCCC1. The number of nitrogens with zero attached hydrogens (tertiary/aromatic N) is 3. The molecule has 1 aliphatic heterocycles. The van der Waals surface area contributed by atoms with Gasteiger partial charge in [0, 0.05) is 47.3 Å². The van der Waals surface area contributed by atoms with Gasteiger partial charge in [-0.15, -0.1) is 0 Å². The fourth-order valence-corrected chi connectivity index (χ4v) is 5.06. The molecule has 1 saturated heterocycles. The summed E-state index contributed by atoms with van der Waals surface area (Å²) in [5.41, 5.74) is 4.39. The second-order valence-electron chi connectivity index (χ2n) is 8.82. The highest BCUT2D eigenvalue weighted by Crippen LogP contribution is 2.42. The predicted molar refractivity (Wildman–Crippen MR) is 143 cm³/mol. The van der Waals surface area contributed by atoms with Crippen LogP contribution in [-0.4, -0.2) is 39.0 Å². The topological polar surface area (TPSA) is 91.0 Å². The van der Waals surface area contributed by atoms with Gasteiger partial charge in [0.05, 0.1) is 21.9 Å². The number of benzene rings is 2. The Labute approximate surface area is 211 Å². The molecule has 0 saturated carbocycles. The molecule has 0 aliphatic carbocycles. The van der Waals surface area contributed by atoms with Gasteiger partial charge in [-0.25, -0.2) is 9.78 Å². The summed E-state index contributed by atoms with van der Waals surface area (Å²) in [5, 5.41) is 5.17. The fourth-order valence-electron chi connectivity index (χ4n) is 4.79. The smallest absolute Gasteiger partial charge is 0.321 e. The van der Waals surface area contributed by atoms with E-state index in [0.717, 1.165) is 34.9 Å². The third kappa shape index (κ3) is 3.97. The first-order valence-corrected chi connectivity index (χ1v) is 12.2. The van der Waals surface area contributed by atoms with Crippen molar-refractivity contribution in [3.8, 4) is 22.4 Å². The van der Waals surface area contributed by atoms with Gasteiger partial charge in [-0.3, -0.25) is 9.78 Å². The van der Waals surface area contributed by atoms with E-state index in [1.54, 1.807) is 17.2 Å². The van der Waals surface area contributed by atoms with Gasteiger partial charge >= 0.3 is 6.03 Å². The lowest BCUT2D eigenvalue weighted by atomic mass is 9.94. The number of hydrogen-bond acceptors (Lipinski definition) is 4. The van der Waals surface area contributed by atoms with E-state index in [0.29, 0.717) is 46.0 Å². The number of halogens is 1. The number of nitrogens with one attached hydrogen (secondary N) is 2. The summed E-state index contributed by atoms with van der Waals surface area (Å²) in [6.07, 6.45) is 3.67. The molecule has 6 rings (SSSR count). The lowest BCUT2D eigenvalue weighted by molar-refractivity contribution is 0.222. The first-order chi connectivity index (χ1) is 17.6. The van der Waals surface area contributed by atoms with Crippen LogP contribution in [0.2, 0.25) is 5.02 Å². The molecule has 0 unspecified atom stereocenters. The van der Waals surface area contributed by atoms with Crippen LogP contribution in [-0.2, 0) is 0 Å². The summed E-state index contributed by atoms with van der Waals surface area (Å²) in [6.45, 7) is 1.42. The van der Waals surface area contributed by atoms with Gasteiger partial charge < -0.3 is 15.2 Å². The monoisotopic (exact) mass is 495 g/mol. The second kappa shape index (κ2) is 9.09. The van der Waals surface area contributed by atoms with Gasteiger partial charge in [0.2, 0.25) is 5.56 Å². The molecule has 0 spiro atoms. The number of carbonyl (C=O) groups excluding carboxylic acids is 1. The van der Waals surface area contributed by atoms with Crippen molar-refractivity contribution in [2.45, 2.75) is 12.8 Å². The van der Waals surface area contributed by atoms with Crippen molar-refractivity contribution in [3.63, 3.8) is 0 Å². The summed E-state index contributed by atoms with van der Waals surface area (Å²) < 4.78 is 0. The van der Waals surface area contributed by atoms with E-state index >= 15 is 0 Å². The number of amides is 2. The number of aromatic nitrogens is 3. The van der Waals surface area contributed by atoms with Crippen LogP contribution in [0.4, 0.5) is 10.5 Å². The van der Waals surface area contributed by atoms with Gasteiger partial charge in [-0.2, -0.15) is 0 Å². The number of carbonyl (C=O) groups is 1. The Morgan fingerprint density at radius 1 is 0.972 bits per heavy atom. The average molecular weight is 496 g/mol. The average Bonchev–Trinajstić information content (AvgIpc) is 3.44. The Morgan fingerprint density at radius 3 is 2.58 bits per heavy atom. The Hall–Kier alpha value is -4.23. The van der Waals surface area contributed by atoms with E-state index in [1.807, 2.05) is 54.6 Å². The molecular formula is C28H22ClN5O2. The molecule has 2 aromatic carbocycles. The number of fused-ring (bicyclic) bond motifs is 2. The Morgan fingerprint density at radius 2 is 1.78 bits per heavy atom. The summed E-state index contributed by atoms with van der Waals surface area (Å²) in [7, 11) is 0. The number of pyridine rings is 3. The quantitative estimate of drug-likeness (QED) is 0.317. The fraction of sp³-hybridized carbons (Fsp3) is 0.143. The van der Waals surface area contributed by atoms with Crippen LogP contribution in [0.3, 0.4) is 0 Å². The number of hydrogen-bond donors (Lipinski definition) is 2. The molecule has 0 bridgehead atoms. The molecule has 3 aromatic heterocycles. The van der Waals surface area contributed by atoms with E-state index in [4.69, 9.17) is 16.6 Å². The number of anilines is 1. The van der Waals surface area contributed by atoms with Crippen molar-refractivity contribution in [3.05, 3.63) is 88.3 Å². The molecule has 178 valence electrons. The largest absolute Gasteiger partial charge is 0.325 e. The standard InChI is InChI=1S/C28H22ClN5O2/c29-21-16-19(15-18-9-6-12-30-24(18)21)23-25(17-7-2-1-3-8-17)32-27-20(10-11-22(35)31-27)26(23)33-28(36)34-13-4-5-14-34/h1-3,6-12,15-16H,4-5,13-14H2,(H2,31,32,33,35,36). The van der Waals surface area contributed by atoms with E-state index in [9.17, 15) is 9.59 Å². The summed E-state index contributed by atoms with van der Waals surface area (Å²) in [5.74, 6) is 0. The molecule has 1 fully saturated rings. The highest BCUT2D eigenvalue weighted by molar-refractivity contribution is 6.35. The first kappa shape index (κ1) is 22.2. The number of H-pyrrole nitrogens is 1. The third-order valence-electron chi connectivity index (χ3n) is 6.50. The van der Waals surface area contributed by atoms with Crippen molar-refractivity contribution >= 4 is 45.3 Å². The predicted octanol–water partition coefficient (Wildman–Crippen LogP) is 6.09. The van der Waals surface area contributed by atoms with Gasteiger partial charge in [-0.05, 0) is 42.7 Å². The zero-order valence-corrected chi connectivity index (χ0v) is 20.0. The van der Waals surface area contributed by atoms with E-state index in [-0.39, 0.29) is 11.6 Å². The molecule has 2 amide bonds. The highest BCUT2D eigenvalue weighted by atomic mass is 35.5. The van der Waals surface area contributed by atoms with Crippen LogP contribution in [0.1, 0.15) is 12.8 Å². The van der Waals surface area contributed by atoms with E-state index < -0.39 is 0 Å². The van der Waals surface area contributed by atoms with Crippen molar-refractivity contribution < 1.29 is 4.79 Å². The number of urea groups is 1. The van der Waals surface area contributed by atoms with Crippen molar-refractivity contribution in [2.75, 3.05) is 18.4 Å². The minimum absolute atomic E-state index is 0.181. The number of likely N-dealkylation sites (tertiary alicyclic amines) is 1. The van der Waals surface area contributed by atoms with Crippen molar-refractivity contribution in [2.24, 2.45) is 0 Å². The normalized spacial score (nSPS) is 13.4. The summed E-state index contributed by atoms with van der Waals surface area (Å²) >= 11 is 6.69. The van der Waals surface area contributed by atoms with Crippen LogP contribution in [0, 0.1) is 0 Å². The number of rotatable bonds is 3. The lowest BCUT2D eigenvalue weighted by Crippen LogP contribution is -2.32. The van der Waals surface area contributed by atoms with E-state index in [1.165, 1.54) is 6.07 Å². The van der Waals surface area contributed by atoms with Gasteiger partial charge in [0.25, 0.3) is 0 Å². The van der Waals surface area contributed by atoms with Crippen molar-refractivity contribution in [1.82, 2.24) is 19.9 Å². The lowest BCUT2D eigenvalue weighted by Gasteiger charge is -2.22. The van der Waals surface area contributed by atoms with E-state index in [2.05, 4.69) is 15.3 Å². The maximum atomic E-state index is 13.3. The molecule has 0 radical (unpaired) electrons. The zero-order valence-electron chi connectivity index (χ0n) is 19.3. The molecule has 8 heteroatoms. The van der Waals surface area contributed by atoms with Crippen LogP contribution in [0.25, 0.3) is 44.3 Å². The minimum atomic E-state index is -0.265. The van der Waals surface area contributed by atoms with Crippen LogP contribution < -0.4 is 10.9 Å². The molecule has 1 aliphatic rings. The first-order valence-electron chi connectivity index (χ1n) is 11.8. The van der Waals surface area contributed by atoms with Crippen LogP contribution in [0.15, 0.2) is 77.7 Å². The molecular weight excluding hydrogens is 474 g/mol. The van der Waals surface area contributed by atoms with Crippen LogP contribution >= 0.6 is 11.6 Å². The zero-order chi connectivity index (χ0) is 24.6. The van der Waals surface area contributed by atoms with Crippen molar-refractivity contribution in [1.29, 1.82) is 0 Å². The molecule has 0 atom stereocenters. The molecule has 36 heavy (non-hydrogen) atoms. The molecule has 7 nitrogen and oxygen atoms in total. The Balaban J connectivity index is 1.68. The highest BCUT2D eigenvalue weighted by Gasteiger charge is 2.24. The van der Waals surface area contributed by atoms with Gasteiger partial charge in [0.1, 0.15) is 5.65 Å². The molecule has 2 N–H and O–H groups in total. The summed E-state index contributed by atoms with van der Waals surface area (Å²) in [6, 6.07) is 20.3. The number of aromatic amines is 1. The summed E-state index contributed by atoms with van der Waals surface area (Å²) in [4.78, 5) is 39.5. The maximum Gasteiger partial charge on any atom is 0.321 e. The second-order valence-corrected chi connectivity index (χ2v) is 9.23. The molecule has 4 heterocycles.